The Morgan fingerprint density at radius 1 is 1.26 bits per heavy atom. The number of hydrogen-bond acceptors (Lipinski definition) is 5. The van der Waals surface area contributed by atoms with Crippen molar-refractivity contribution in [2.75, 3.05) is 0 Å². The number of ether oxygens (including phenoxy) is 2. The summed E-state index contributed by atoms with van der Waals surface area (Å²) in [6.07, 6.45) is 2.53. The van der Waals surface area contributed by atoms with Crippen LogP contribution < -0.4 is 4.74 Å². The zero-order valence-electron chi connectivity index (χ0n) is 14.3. The van der Waals surface area contributed by atoms with E-state index in [-0.39, 0.29) is 18.1 Å². The van der Waals surface area contributed by atoms with E-state index in [1.165, 1.54) is 6.07 Å². The number of phenols is 1. The van der Waals surface area contributed by atoms with Gasteiger partial charge in [-0.2, -0.15) is 0 Å². The minimum absolute atomic E-state index is 0.0486. The Balaban J connectivity index is 2.72. The normalized spacial score (nSPS) is 12.0. The lowest BCUT2D eigenvalue weighted by Crippen LogP contribution is -2.25. The van der Waals surface area contributed by atoms with Gasteiger partial charge < -0.3 is 14.6 Å². The van der Waals surface area contributed by atoms with Crippen molar-refractivity contribution in [1.29, 1.82) is 0 Å². The summed E-state index contributed by atoms with van der Waals surface area (Å²) in [4.78, 5) is 23.5. The minimum Gasteiger partial charge on any atom is -0.507 e. The molecule has 0 aliphatic carbocycles. The lowest BCUT2D eigenvalue weighted by atomic mass is 9.97. The summed E-state index contributed by atoms with van der Waals surface area (Å²) in [5.74, 6) is -0.653. The van der Waals surface area contributed by atoms with E-state index in [4.69, 9.17) is 9.47 Å². The third-order valence-electron chi connectivity index (χ3n) is 3.07. The first-order chi connectivity index (χ1) is 10.6. The summed E-state index contributed by atoms with van der Waals surface area (Å²) in [5.41, 5.74) is 0.341. The molecule has 0 unspecified atom stereocenters. The zero-order chi connectivity index (χ0) is 17.6. The van der Waals surface area contributed by atoms with Crippen molar-refractivity contribution in [3.05, 3.63) is 35.4 Å². The molecule has 1 N–H and O–H groups in total. The Morgan fingerprint density at radius 3 is 2.43 bits per heavy atom. The highest BCUT2D eigenvalue weighted by Gasteiger charge is 2.24. The predicted octanol–water partition coefficient (Wildman–Crippen LogP) is 3.74. The second-order valence-electron chi connectivity index (χ2n) is 6.30. The highest BCUT2D eigenvalue weighted by Crippen LogP contribution is 2.26. The van der Waals surface area contributed by atoms with E-state index < -0.39 is 17.4 Å². The molecule has 1 aromatic rings. The summed E-state index contributed by atoms with van der Waals surface area (Å²) in [6, 6.07) is 4.45. The van der Waals surface area contributed by atoms with Gasteiger partial charge in [-0.3, -0.25) is 4.79 Å². The summed E-state index contributed by atoms with van der Waals surface area (Å²) >= 11 is 0. The van der Waals surface area contributed by atoms with Gasteiger partial charge in [0.1, 0.15) is 18.1 Å². The average molecular weight is 320 g/mol. The molecule has 0 spiro atoms. The lowest BCUT2D eigenvalue weighted by Gasteiger charge is -2.16. The molecule has 0 bridgehead atoms. The fraction of sp³-hybridized carbons (Fsp3) is 0.444. The Hall–Kier alpha value is -2.30. The van der Waals surface area contributed by atoms with Crippen molar-refractivity contribution in [1.82, 2.24) is 0 Å². The van der Waals surface area contributed by atoms with Gasteiger partial charge in [0.25, 0.3) is 0 Å². The number of carbonyl (C=O) groups excluding carboxylic acids is 2. The first-order valence-electron chi connectivity index (χ1n) is 7.53. The van der Waals surface area contributed by atoms with Gasteiger partial charge in [0.15, 0.2) is 0 Å². The van der Waals surface area contributed by atoms with Crippen LogP contribution >= 0.6 is 0 Å². The van der Waals surface area contributed by atoms with E-state index in [1.807, 2.05) is 6.92 Å². The van der Waals surface area contributed by atoms with Crippen molar-refractivity contribution in [2.45, 2.75) is 47.6 Å². The molecule has 5 heteroatoms. The van der Waals surface area contributed by atoms with Gasteiger partial charge in [0.05, 0.1) is 5.41 Å². The Kier molecular flexibility index (Phi) is 6.37. The second-order valence-corrected chi connectivity index (χ2v) is 6.30. The number of phenolic OH excluding ortho intramolecular Hbond substituents is 1. The maximum atomic E-state index is 11.8. The Bertz CT molecular complexity index is 608. The van der Waals surface area contributed by atoms with Crippen LogP contribution in [0.3, 0.4) is 0 Å². The van der Waals surface area contributed by atoms with Crippen LogP contribution in [0.15, 0.2) is 29.8 Å². The number of rotatable bonds is 5. The largest absolute Gasteiger partial charge is 0.507 e. The number of esters is 2. The second kappa shape index (κ2) is 7.81. The predicted molar refractivity (Wildman–Crippen MR) is 87.0 cm³/mol. The fourth-order valence-electron chi connectivity index (χ4n) is 1.64. The molecule has 0 saturated carbocycles. The van der Waals surface area contributed by atoms with Gasteiger partial charge in [0, 0.05) is 17.2 Å². The average Bonchev–Trinajstić information content (AvgIpc) is 2.45. The van der Waals surface area contributed by atoms with Gasteiger partial charge in [-0.1, -0.05) is 13.0 Å². The van der Waals surface area contributed by atoms with E-state index >= 15 is 0 Å². The standard InChI is InChI=1S/C18H24O5/c1-6-7-12(2)16(20)22-11-13-8-9-14(10-15(13)19)23-17(21)18(3,4)5/h7-10,19H,6,11H2,1-5H3/b12-7+. The first-order valence-corrected chi connectivity index (χ1v) is 7.53. The van der Waals surface area contributed by atoms with Crippen LogP contribution in [-0.4, -0.2) is 17.0 Å². The topological polar surface area (TPSA) is 72.8 Å². The summed E-state index contributed by atoms with van der Waals surface area (Å²) in [7, 11) is 0. The van der Waals surface area contributed by atoms with Crippen molar-refractivity contribution >= 4 is 11.9 Å². The summed E-state index contributed by atoms with van der Waals surface area (Å²) < 4.78 is 10.3. The lowest BCUT2D eigenvalue weighted by molar-refractivity contribution is -0.143. The van der Waals surface area contributed by atoms with E-state index in [0.29, 0.717) is 11.1 Å². The maximum absolute atomic E-state index is 11.8. The monoisotopic (exact) mass is 320 g/mol. The molecule has 1 aromatic carbocycles. The molecule has 126 valence electrons. The molecule has 1 rings (SSSR count). The van der Waals surface area contributed by atoms with Crippen LogP contribution in [0.4, 0.5) is 0 Å². The molecule has 0 atom stereocenters. The fourth-order valence-corrected chi connectivity index (χ4v) is 1.64. The molecule has 0 amide bonds. The SMILES string of the molecule is CC/C=C(\C)C(=O)OCc1ccc(OC(=O)C(C)(C)C)cc1O. The number of benzene rings is 1. The van der Waals surface area contributed by atoms with Gasteiger partial charge in [-0.25, -0.2) is 4.79 Å². The quantitative estimate of drug-likeness (QED) is 0.508. The molecule has 5 nitrogen and oxygen atoms in total. The van der Waals surface area contributed by atoms with Gasteiger partial charge in [-0.05, 0) is 46.2 Å². The Labute approximate surface area is 136 Å². The van der Waals surface area contributed by atoms with Gasteiger partial charge >= 0.3 is 11.9 Å². The number of aromatic hydroxyl groups is 1. The summed E-state index contributed by atoms with van der Waals surface area (Å²) in [5, 5.41) is 9.96. The zero-order valence-corrected chi connectivity index (χ0v) is 14.3. The highest BCUT2D eigenvalue weighted by atomic mass is 16.5. The molecule has 23 heavy (non-hydrogen) atoms. The van der Waals surface area contributed by atoms with Crippen molar-refractivity contribution in [2.24, 2.45) is 5.41 Å². The van der Waals surface area contributed by atoms with Crippen LogP contribution in [0.2, 0.25) is 0 Å². The number of carbonyl (C=O) groups is 2. The molecule has 0 heterocycles. The molecule has 0 fully saturated rings. The third-order valence-corrected chi connectivity index (χ3v) is 3.07. The van der Waals surface area contributed by atoms with Crippen LogP contribution in [0.1, 0.15) is 46.6 Å². The van der Waals surface area contributed by atoms with Gasteiger partial charge in [0.2, 0.25) is 0 Å². The van der Waals surface area contributed by atoms with Crippen LogP contribution in [0.5, 0.6) is 11.5 Å². The van der Waals surface area contributed by atoms with Crippen LogP contribution in [-0.2, 0) is 20.9 Å². The minimum atomic E-state index is -0.632. The summed E-state index contributed by atoms with van der Waals surface area (Å²) in [6.45, 7) is 8.80. The molecule has 0 aromatic heterocycles. The molecular formula is C18H24O5. The first kappa shape index (κ1) is 18.7. The molecule has 0 saturated heterocycles. The van der Waals surface area contributed by atoms with E-state index in [0.717, 1.165) is 6.42 Å². The van der Waals surface area contributed by atoms with Crippen LogP contribution in [0.25, 0.3) is 0 Å². The van der Waals surface area contributed by atoms with Crippen LogP contribution in [0, 0.1) is 5.41 Å². The molecular weight excluding hydrogens is 296 g/mol. The smallest absolute Gasteiger partial charge is 0.333 e. The number of hydrogen-bond donors (Lipinski definition) is 1. The van der Waals surface area contributed by atoms with Crippen molar-refractivity contribution in [3.63, 3.8) is 0 Å². The molecule has 0 aliphatic heterocycles. The van der Waals surface area contributed by atoms with Crippen molar-refractivity contribution in [3.8, 4) is 11.5 Å². The Morgan fingerprint density at radius 2 is 1.91 bits per heavy atom. The molecule has 0 aliphatic rings. The number of allylic oxidation sites excluding steroid dienone is 1. The third kappa shape index (κ3) is 5.77. The van der Waals surface area contributed by atoms with E-state index in [9.17, 15) is 14.7 Å². The van der Waals surface area contributed by atoms with Crippen molar-refractivity contribution < 1.29 is 24.2 Å². The maximum Gasteiger partial charge on any atom is 0.333 e. The van der Waals surface area contributed by atoms with E-state index in [2.05, 4.69) is 0 Å². The highest BCUT2D eigenvalue weighted by molar-refractivity contribution is 5.87. The van der Waals surface area contributed by atoms with Gasteiger partial charge in [-0.15, -0.1) is 0 Å². The molecule has 0 radical (unpaired) electrons. The van der Waals surface area contributed by atoms with E-state index in [1.54, 1.807) is 45.9 Å².